The van der Waals surface area contributed by atoms with Crippen LogP contribution in [0.2, 0.25) is 0 Å². The molecular formula is C36H64O10. The van der Waals surface area contributed by atoms with Crippen molar-refractivity contribution >= 4 is 5.97 Å². The number of esters is 1. The molecule has 0 bridgehead atoms. The molecule has 1 aromatic carbocycles. The molecule has 1 rings (SSSR count). The molecule has 0 heterocycles. The fourth-order valence-corrected chi connectivity index (χ4v) is 4.31. The highest BCUT2D eigenvalue weighted by Gasteiger charge is 2.02. The zero-order valence-corrected chi connectivity index (χ0v) is 29.0. The van der Waals surface area contributed by atoms with Crippen LogP contribution in [0.1, 0.15) is 83.6 Å². The third-order valence-corrected chi connectivity index (χ3v) is 6.95. The molecule has 46 heavy (non-hydrogen) atoms. The fraction of sp³-hybridized carbons (Fsp3) is 0.806. The van der Waals surface area contributed by atoms with Gasteiger partial charge in [0.25, 0.3) is 0 Å². The smallest absolute Gasteiger partial charge is 0.305 e. The SMILES string of the molecule is CCCCCCCCc1ccc(OCCOCCOCCOCCOCCOCCOCCOCCOC(=O)CCCCC)cc1. The molecular weight excluding hydrogens is 592 g/mol. The van der Waals surface area contributed by atoms with Crippen molar-refractivity contribution in [3.8, 4) is 5.75 Å². The molecule has 0 unspecified atom stereocenters. The van der Waals surface area contributed by atoms with Crippen LogP contribution in [0, 0.1) is 0 Å². The normalized spacial score (nSPS) is 11.3. The first-order valence-electron chi connectivity index (χ1n) is 17.7. The van der Waals surface area contributed by atoms with E-state index >= 15 is 0 Å². The molecule has 0 N–H and O–H groups in total. The molecule has 0 aromatic heterocycles. The van der Waals surface area contributed by atoms with Gasteiger partial charge in [0.05, 0.1) is 92.5 Å². The van der Waals surface area contributed by atoms with E-state index in [0.29, 0.717) is 106 Å². The molecule has 0 saturated heterocycles. The van der Waals surface area contributed by atoms with E-state index in [1.807, 2.05) is 12.1 Å². The Kier molecular flexibility index (Phi) is 31.7. The molecule has 1 aromatic rings. The molecule has 268 valence electrons. The van der Waals surface area contributed by atoms with Gasteiger partial charge in [0.1, 0.15) is 19.0 Å². The number of unbranched alkanes of at least 4 members (excludes halogenated alkanes) is 7. The summed E-state index contributed by atoms with van der Waals surface area (Å²) in [6.07, 6.45) is 12.6. The van der Waals surface area contributed by atoms with Crippen LogP contribution >= 0.6 is 0 Å². The molecule has 0 aliphatic heterocycles. The Hall–Kier alpha value is -1.79. The van der Waals surface area contributed by atoms with Gasteiger partial charge >= 0.3 is 5.97 Å². The van der Waals surface area contributed by atoms with Crippen molar-refractivity contribution in [2.75, 3.05) is 106 Å². The maximum Gasteiger partial charge on any atom is 0.305 e. The molecule has 0 aliphatic rings. The van der Waals surface area contributed by atoms with Gasteiger partial charge in [-0.1, -0.05) is 70.9 Å². The Morgan fingerprint density at radius 3 is 1.33 bits per heavy atom. The van der Waals surface area contributed by atoms with Gasteiger partial charge in [0.15, 0.2) is 0 Å². The predicted molar refractivity (Wildman–Crippen MR) is 180 cm³/mol. The molecule has 0 saturated carbocycles. The first kappa shape index (κ1) is 42.2. The van der Waals surface area contributed by atoms with Crippen molar-refractivity contribution in [3.63, 3.8) is 0 Å². The maximum absolute atomic E-state index is 11.5. The molecule has 10 heteroatoms. The van der Waals surface area contributed by atoms with Gasteiger partial charge in [-0.25, -0.2) is 0 Å². The molecule has 0 fully saturated rings. The van der Waals surface area contributed by atoms with E-state index in [9.17, 15) is 4.79 Å². The lowest BCUT2D eigenvalue weighted by molar-refractivity contribution is -0.145. The summed E-state index contributed by atoms with van der Waals surface area (Å²) in [6, 6.07) is 8.43. The lowest BCUT2D eigenvalue weighted by atomic mass is 10.0. The van der Waals surface area contributed by atoms with Gasteiger partial charge in [0, 0.05) is 6.42 Å². The van der Waals surface area contributed by atoms with E-state index in [2.05, 4.69) is 26.0 Å². The lowest BCUT2D eigenvalue weighted by Crippen LogP contribution is -2.15. The second-order valence-electron chi connectivity index (χ2n) is 11.0. The number of ether oxygens (including phenoxy) is 9. The third kappa shape index (κ3) is 29.6. The second-order valence-corrected chi connectivity index (χ2v) is 11.0. The Labute approximate surface area is 279 Å². The van der Waals surface area contributed by atoms with Gasteiger partial charge < -0.3 is 42.6 Å². The van der Waals surface area contributed by atoms with Crippen LogP contribution in [-0.2, 0) is 49.1 Å². The first-order chi connectivity index (χ1) is 22.8. The number of hydrogen-bond donors (Lipinski definition) is 0. The first-order valence-corrected chi connectivity index (χ1v) is 17.7. The van der Waals surface area contributed by atoms with E-state index in [0.717, 1.165) is 31.4 Å². The average molecular weight is 657 g/mol. The molecule has 10 nitrogen and oxygen atoms in total. The number of carbonyl (C=O) groups is 1. The van der Waals surface area contributed by atoms with Gasteiger partial charge in [-0.15, -0.1) is 0 Å². The monoisotopic (exact) mass is 656 g/mol. The van der Waals surface area contributed by atoms with Crippen LogP contribution < -0.4 is 4.74 Å². The maximum atomic E-state index is 11.5. The average Bonchev–Trinajstić information content (AvgIpc) is 3.07. The van der Waals surface area contributed by atoms with Gasteiger partial charge in [-0.3, -0.25) is 4.79 Å². The summed E-state index contributed by atoms with van der Waals surface area (Å²) in [5, 5.41) is 0. The molecule has 0 radical (unpaired) electrons. The quantitative estimate of drug-likeness (QED) is 0.0613. The van der Waals surface area contributed by atoms with Crippen LogP contribution in [0.5, 0.6) is 5.75 Å². The highest BCUT2D eigenvalue weighted by Crippen LogP contribution is 2.15. The van der Waals surface area contributed by atoms with Crippen LogP contribution in [-0.4, -0.2) is 112 Å². The topological polar surface area (TPSA) is 100 Å². The Morgan fingerprint density at radius 2 is 0.848 bits per heavy atom. The van der Waals surface area contributed by atoms with Crippen LogP contribution in [0.4, 0.5) is 0 Å². The molecule has 0 aliphatic carbocycles. The number of aryl methyl sites for hydroxylation is 1. The Balaban J connectivity index is 1.72. The minimum Gasteiger partial charge on any atom is -0.491 e. The van der Waals surface area contributed by atoms with Crippen molar-refractivity contribution in [1.82, 2.24) is 0 Å². The summed E-state index contributed by atoms with van der Waals surface area (Å²) in [5.74, 6) is 0.729. The summed E-state index contributed by atoms with van der Waals surface area (Å²) < 4.78 is 49.3. The summed E-state index contributed by atoms with van der Waals surface area (Å²) in [4.78, 5) is 11.5. The zero-order valence-electron chi connectivity index (χ0n) is 29.0. The number of carbonyl (C=O) groups excluding carboxylic acids is 1. The van der Waals surface area contributed by atoms with E-state index in [1.54, 1.807) is 0 Å². The van der Waals surface area contributed by atoms with Gasteiger partial charge in [-0.05, 0) is 37.0 Å². The van der Waals surface area contributed by atoms with Gasteiger partial charge in [-0.2, -0.15) is 0 Å². The van der Waals surface area contributed by atoms with Crippen molar-refractivity contribution in [1.29, 1.82) is 0 Å². The fourth-order valence-electron chi connectivity index (χ4n) is 4.31. The van der Waals surface area contributed by atoms with Crippen molar-refractivity contribution in [3.05, 3.63) is 29.8 Å². The summed E-state index contributed by atoms with van der Waals surface area (Å²) >= 11 is 0. The Bertz CT molecular complexity index is 762. The highest BCUT2D eigenvalue weighted by molar-refractivity contribution is 5.69. The van der Waals surface area contributed by atoms with Crippen molar-refractivity contribution < 1.29 is 47.4 Å². The van der Waals surface area contributed by atoms with Crippen molar-refractivity contribution in [2.45, 2.75) is 84.5 Å². The summed E-state index contributed by atoms with van der Waals surface area (Å²) in [6.45, 7) is 12.1. The zero-order chi connectivity index (χ0) is 33.0. The number of benzene rings is 1. The van der Waals surface area contributed by atoms with Crippen LogP contribution in [0.15, 0.2) is 24.3 Å². The molecule has 0 atom stereocenters. The van der Waals surface area contributed by atoms with E-state index in [1.165, 1.54) is 44.1 Å². The largest absolute Gasteiger partial charge is 0.491 e. The number of rotatable bonds is 36. The molecule has 0 spiro atoms. The third-order valence-electron chi connectivity index (χ3n) is 6.95. The van der Waals surface area contributed by atoms with Crippen molar-refractivity contribution in [2.24, 2.45) is 0 Å². The minimum absolute atomic E-state index is 0.155. The Morgan fingerprint density at radius 1 is 0.457 bits per heavy atom. The van der Waals surface area contributed by atoms with Crippen LogP contribution in [0.3, 0.4) is 0 Å². The van der Waals surface area contributed by atoms with Gasteiger partial charge in [0.2, 0.25) is 0 Å². The summed E-state index contributed by atoms with van der Waals surface area (Å²) in [7, 11) is 0. The second kappa shape index (κ2) is 34.5. The van der Waals surface area contributed by atoms with E-state index in [-0.39, 0.29) is 12.6 Å². The predicted octanol–water partition coefficient (Wildman–Crippen LogP) is 6.21. The lowest BCUT2D eigenvalue weighted by Gasteiger charge is -2.09. The highest BCUT2D eigenvalue weighted by atomic mass is 16.6. The molecule has 0 amide bonds. The standard InChI is InChI=1S/C36H64O10/c1-3-5-7-8-9-11-12-34-14-16-35(17-15-34)45-32-30-43-28-26-41-24-22-39-20-18-38-19-21-40-23-25-42-27-29-44-31-33-46-36(37)13-10-6-4-2/h14-17H,3-13,18-33H2,1-2H3. The van der Waals surface area contributed by atoms with Crippen LogP contribution in [0.25, 0.3) is 0 Å². The minimum atomic E-state index is -0.155. The van der Waals surface area contributed by atoms with E-state index in [4.69, 9.17) is 42.6 Å². The van der Waals surface area contributed by atoms with E-state index < -0.39 is 0 Å². The number of hydrogen-bond acceptors (Lipinski definition) is 10. The summed E-state index contributed by atoms with van der Waals surface area (Å²) in [5.41, 5.74) is 1.38.